The first-order valence-electron chi connectivity index (χ1n) is 5.70. The molecule has 0 N–H and O–H groups in total. The van der Waals surface area contributed by atoms with Gasteiger partial charge in [-0.1, -0.05) is 0 Å². The van der Waals surface area contributed by atoms with Crippen LogP contribution in [0.2, 0.25) is 0 Å². The smallest absolute Gasteiger partial charge is 0.280 e. The number of halogens is 1. The van der Waals surface area contributed by atoms with Crippen molar-refractivity contribution in [3.63, 3.8) is 0 Å². The zero-order valence-corrected chi connectivity index (χ0v) is 12.4. The third kappa shape index (κ3) is 2.55. The molecule has 0 spiro atoms. The van der Waals surface area contributed by atoms with Gasteiger partial charge in [-0.25, -0.2) is 13.4 Å². The number of imidazole rings is 1. The van der Waals surface area contributed by atoms with E-state index in [-0.39, 0.29) is 22.3 Å². The van der Waals surface area contributed by atoms with E-state index in [1.807, 2.05) is 27.7 Å². The second-order valence-corrected chi connectivity index (χ2v) is 8.29. The fourth-order valence-corrected chi connectivity index (χ4v) is 3.27. The van der Waals surface area contributed by atoms with Crippen molar-refractivity contribution in [3.05, 3.63) is 12.5 Å². The van der Waals surface area contributed by atoms with Crippen LogP contribution in [-0.2, 0) is 13.8 Å². The van der Waals surface area contributed by atoms with Gasteiger partial charge in [0, 0.05) is 16.9 Å². The third-order valence-electron chi connectivity index (χ3n) is 3.21. The van der Waals surface area contributed by atoms with Gasteiger partial charge in [0.15, 0.2) is 5.03 Å². The zero-order chi connectivity index (χ0) is 13.8. The van der Waals surface area contributed by atoms with Gasteiger partial charge in [-0.15, -0.1) is 0 Å². The highest BCUT2D eigenvalue weighted by molar-refractivity contribution is 8.13. The van der Waals surface area contributed by atoms with Crippen LogP contribution >= 0.6 is 10.7 Å². The Labute approximate surface area is 112 Å². The average Bonchev–Trinajstić information content (AvgIpc) is 2.65. The fraction of sp³-hybridized carbons (Fsp3) is 0.727. The lowest BCUT2D eigenvalue weighted by Crippen LogP contribution is -2.30. The van der Waals surface area contributed by atoms with Crippen molar-refractivity contribution < 1.29 is 13.2 Å². The van der Waals surface area contributed by atoms with Gasteiger partial charge in [0.05, 0.1) is 23.6 Å². The minimum atomic E-state index is -3.78. The van der Waals surface area contributed by atoms with E-state index >= 15 is 0 Å². The Morgan fingerprint density at radius 1 is 1.44 bits per heavy atom. The molecule has 0 radical (unpaired) electrons. The van der Waals surface area contributed by atoms with Gasteiger partial charge >= 0.3 is 0 Å². The Morgan fingerprint density at radius 3 is 2.44 bits per heavy atom. The van der Waals surface area contributed by atoms with E-state index in [2.05, 4.69) is 4.98 Å². The summed E-state index contributed by atoms with van der Waals surface area (Å²) < 4.78 is 30.2. The van der Waals surface area contributed by atoms with E-state index in [0.29, 0.717) is 0 Å². The van der Waals surface area contributed by atoms with Gasteiger partial charge in [0.25, 0.3) is 9.05 Å². The molecule has 1 unspecified atom stereocenters. The van der Waals surface area contributed by atoms with E-state index in [0.717, 1.165) is 6.42 Å². The van der Waals surface area contributed by atoms with Crippen molar-refractivity contribution in [3.8, 4) is 0 Å². The van der Waals surface area contributed by atoms with Crippen LogP contribution in [0.5, 0.6) is 0 Å². The first-order chi connectivity index (χ1) is 8.01. The van der Waals surface area contributed by atoms with Crippen molar-refractivity contribution in [2.24, 2.45) is 0 Å². The van der Waals surface area contributed by atoms with E-state index in [1.54, 1.807) is 4.57 Å². The summed E-state index contributed by atoms with van der Waals surface area (Å²) in [4.78, 5) is 3.83. The molecule has 18 heavy (non-hydrogen) atoms. The molecule has 7 heteroatoms. The monoisotopic (exact) mass is 292 g/mol. The summed E-state index contributed by atoms with van der Waals surface area (Å²) in [6.45, 7) is 8.01. The SMILES string of the molecule is CC1(C)CC(n2cnc(S(=O)(=O)Cl)c2)C(C)(C)O1. The maximum Gasteiger partial charge on any atom is 0.280 e. The molecule has 1 aliphatic rings. The molecule has 0 aromatic carbocycles. The summed E-state index contributed by atoms with van der Waals surface area (Å²) >= 11 is 0. The largest absolute Gasteiger partial charge is 0.367 e. The van der Waals surface area contributed by atoms with Gasteiger partial charge in [-0.05, 0) is 34.1 Å². The number of hydrogen-bond donors (Lipinski definition) is 0. The van der Waals surface area contributed by atoms with Crippen molar-refractivity contribution >= 4 is 19.7 Å². The minimum Gasteiger partial charge on any atom is -0.367 e. The third-order valence-corrected chi connectivity index (χ3v) is 4.40. The lowest BCUT2D eigenvalue weighted by Gasteiger charge is -2.27. The number of ether oxygens (including phenoxy) is 1. The molecule has 2 heterocycles. The Bertz CT molecular complexity index is 563. The Kier molecular flexibility index (Phi) is 3.04. The first kappa shape index (κ1) is 13.8. The van der Waals surface area contributed by atoms with E-state index in [9.17, 15) is 8.42 Å². The molecule has 1 aliphatic heterocycles. The van der Waals surface area contributed by atoms with Crippen LogP contribution in [0.4, 0.5) is 0 Å². The maximum atomic E-state index is 11.2. The standard InChI is InChI=1S/C11H17ClN2O3S/c1-10(2)5-8(11(3,4)17-10)14-6-9(13-7-14)18(12,15)16/h6-8H,5H2,1-4H3. The van der Waals surface area contributed by atoms with E-state index < -0.39 is 9.05 Å². The molecule has 1 aromatic heterocycles. The number of nitrogens with zero attached hydrogens (tertiary/aromatic N) is 2. The van der Waals surface area contributed by atoms with Crippen molar-refractivity contribution in [1.29, 1.82) is 0 Å². The van der Waals surface area contributed by atoms with Crippen molar-refractivity contribution in [2.45, 2.75) is 56.4 Å². The quantitative estimate of drug-likeness (QED) is 0.785. The topological polar surface area (TPSA) is 61.2 Å². The molecule has 0 amide bonds. The highest BCUT2D eigenvalue weighted by Crippen LogP contribution is 2.44. The maximum absolute atomic E-state index is 11.2. The summed E-state index contributed by atoms with van der Waals surface area (Å²) in [6.07, 6.45) is 3.74. The van der Waals surface area contributed by atoms with Crippen LogP contribution in [0.25, 0.3) is 0 Å². The van der Waals surface area contributed by atoms with Gasteiger partial charge in [0.2, 0.25) is 0 Å². The van der Waals surface area contributed by atoms with E-state index in [1.165, 1.54) is 12.5 Å². The molecule has 1 saturated heterocycles. The van der Waals surface area contributed by atoms with Crippen LogP contribution in [0.3, 0.4) is 0 Å². The number of aromatic nitrogens is 2. The van der Waals surface area contributed by atoms with Gasteiger partial charge in [0.1, 0.15) is 0 Å². The second-order valence-electron chi connectivity index (χ2n) is 5.78. The summed E-state index contributed by atoms with van der Waals surface area (Å²) in [5.41, 5.74) is -0.615. The van der Waals surface area contributed by atoms with Crippen molar-refractivity contribution in [2.75, 3.05) is 0 Å². The van der Waals surface area contributed by atoms with Gasteiger partial charge in [-0.3, -0.25) is 0 Å². The summed E-state index contributed by atoms with van der Waals surface area (Å²) in [6, 6.07) is 0.0344. The molecule has 1 fully saturated rings. The Hall–Kier alpha value is -0.590. The average molecular weight is 293 g/mol. The molecule has 1 atom stereocenters. The lowest BCUT2D eigenvalue weighted by molar-refractivity contribution is -0.0729. The summed E-state index contributed by atoms with van der Waals surface area (Å²) in [7, 11) is 1.49. The number of rotatable bonds is 2. The molecule has 1 aromatic rings. The van der Waals surface area contributed by atoms with E-state index in [4.69, 9.17) is 15.4 Å². The van der Waals surface area contributed by atoms with Crippen LogP contribution in [0.15, 0.2) is 17.6 Å². The van der Waals surface area contributed by atoms with Crippen LogP contribution in [0, 0.1) is 0 Å². The van der Waals surface area contributed by atoms with Crippen LogP contribution in [0.1, 0.15) is 40.2 Å². The Morgan fingerprint density at radius 2 is 2.06 bits per heavy atom. The molecule has 0 bridgehead atoms. The normalized spacial score (nSPS) is 26.4. The zero-order valence-electron chi connectivity index (χ0n) is 10.8. The summed E-state index contributed by atoms with van der Waals surface area (Å²) in [5.74, 6) is 0. The molecule has 0 saturated carbocycles. The molecule has 102 valence electrons. The molecular formula is C11H17ClN2O3S. The highest BCUT2D eigenvalue weighted by Gasteiger charge is 2.46. The molecule has 0 aliphatic carbocycles. The fourth-order valence-electron chi connectivity index (χ4n) is 2.61. The minimum absolute atomic E-state index is 0.0344. The summed E-state index contributed by atoms with van der Waals surface area (Å²) in [5, 5.41) is -0.121. The Balaban J connectivity index is 2.36. The highest BCUT2D eigenvalue weighted by atomic mass is 35.7. The van der Waals surface area contributed by atoms with Crippen molar-refractivity contribution in [1.82, 2.24) is 9.55 Å². The lowest BCUT2D eigenvalue weighted by atomic mass is 9.94. The van der Waals surface area contributed by atoms with Gasteiger partial charge in [-0.2, -0.15) is 0 Å². The first-order valence-corrected chi connectivity index (χ1v) is 8.00. The molecule has 2 rings (SSSR count). The second kappa shape index (κ2) is 3.95. The number of hydrogen-bond acceptors (Lipinski definition) is 4. The van der Waals surface area contributed by atoms with Crippen LogP contribution < -0.4 is 0 Å². The van der Waals surface area contributed by atoms with Gasteiger partial charge < -0.3 is 9.30 Å². The van der Waals surface area contributed by atoms with Crippen LogP contribution in [-0.4, -0.2) is 29.2 Å². The molecule has 5 nitrogen and oxygen atoms in total. The molecular weight excluding hydrogens is 276 g/mol. The predicted molar refractivity (Wildman–Crippen MR) is 68.2 cm³/mol. The predicted octanol–water partition coefficient (Wildman–Crippen LogP) is 2.33.